The second kappa shape index (κ2) is 7.78. The lowest BCUT2D eigenvalue weighted by Gasteiger charge is -2.26. The number of hydrogen-bond acceptors (Lipinski definition) is 5. The molecule has 1 rings (SSSR count). The summed E-state index contributed by atoms with van der Waals surface area (Å²) < 4.78 is 22.6. The molecule has 0 aliphatic heterocycles. The Morgan fingerprint density at radius 3 is 2.21 bits per heavy atom. The standard InChI is InChI=1S/C13H22NO4P/c1-3-17-19(16,18-4-2)13(15)12(14)10-11-8-6-5-7-9-11/h5-9,12-13,15H,3-4,10,14H2,1-2H3/t12-,13-/m0/s1. The van der Waals surface area contributed by atoms with Crippen LogP contribution in [-0.4, -0.2) is 30.2 Å². The molecule has 0 unspecified atom stereocenters. The number of aliphatic hydroxyl groups is 1. The molecule has 0 spiro atoms. The van der Waals surface area contributed by atoms with Crippen molar-refractivity contribution < 1.29 is 18.7 Å². The van der Waals surface area contributed by atoms with Gasteiger partial charge in [-0.15, -0.1) is 0 Å². The minimum absolute atomic E-state index is 0.201. The Hall–Kier alpha value is -0.710. The first-order valence-corrected chi connectivity index (χ1v) is 8.01. The van der Waals surface area contributed by atoms with Crippen molar-refractivity contribution in [2.45, 2.75) is 32.2 Å². The molecule has 0 heterocycles. The van der Waals surface area contributed by atoms with Crippen LogP contribution >= 0.6 is 7.60 Å². The summed E-state index contributed by atoms with van der Waals surface area (Å²) in [4.78, 5) is 0. The highest BCUT2D eigenvalue weighted by atomic mass is 31.2. The molecule has 0 bridgehead atoms. The zero-order valence-corrected chi connectivity index (χ0v) is 12.3. The van der Waals surface area contributed by atoms with Crippen molar-refractivity contribution in [3.8, 4) is 0 Å². The van der Waals surface area contributed by atoms with Gasteiger partial charge < -0.3 is 19.9 Å². The van der Waals surface area contributed by atoms with Crippen LogP contribution in [0, 0.1) is 0 Å². The zero-order valence-electron chi connectivity index (χ0n) is 11.4. The summed E-state index contributed by atoms with van der Waals surface area (Å²) in [7, 11) is -3.57. The van der Waals surface area contributed by atoms with Crippen molar-refractivity contribution in [1.82, 2.24) is 0 Å². The molecule has 0 aromatic heterocycles. The van der Waals surface area contributed by atoms with Gasteiger partial charge >= 0.3 is 7.60 Å². The lowest BCUT2D eigenvalue weighted by molar-refractivity contribution is 0.134. The van der Waals surface area contributed by atoms with Crippen LogP contribution in [0.25, 0.3) is 0 Å². The summed E-state index contributed by atoms with van der Waals surface area (Å²) in [6.45, 7) is 3.79. The fraction of sp³-hybridized carbons (Fsp3) is 0.538. The molecule has 19 heavy (non-hydrogen) atoms. The first kappa shape index (κ1) is 16.3. The van der Waals surface area contributed by atoms with Crippen LogP contribution in [0.2, 0.25) is 0 Å². The predicted molar refractivity (Wildman–Crippen MR) is 75.0 cm³/mol. The van der Waals surface area contributed by atoms with E-state index >= 15 is 0 Å². The maximum absolute atomic E-state index is 12.4. The largest absolute Gasteiger partial charge is 0.379 e. The Morgan fingerprint density at radius 1 is 1.21 bits per heavy atom. The minimum atomic E-state index is -3.57. The molecule has 0 saturated heterocycles. The maximum atomic E-state index is 12.4. The highest BCUT2D eigenvalue weighted by molar-refractivity contribution is 7.54. The normalized spacial score (nSPS) is 15.2. The van der Waals surface area contributed by atoms with E-state index in [1.807, 2.05) is 30.3 Å². The molecule has 1 aromatic carbocycles. The lowest BCUT2D eigenvalue weighted by Crippen LogP contribution is -2.37. The molecule has 0 aliphatic carbocycles. The molecule has 108 valence electrons. The van der Waals surface area contributed by atoms with E-state index in [4.69, 9.17) is 14.8 Å². The number of aliphatic hydroxyl groups excluding tert-OH is 1. The Kier molecular flexibility index (Phi) is 6.69. The van der Waals surface area contributed by atoms with Gasteiger partial charge in [0.15, 0.2) is 5.85 Å². The van der Waals surface area contributed by atoms with Crippen LogP contribution in [0.5, 0.6) is 0 Å². The summed E-state index contributed by atoms with van der Waals surface area (Å²) in [5, 5.41) is 10.1. The van der Waals surface area contributed by atoms with Crippen molar-refractivity contribution in [3.05, 3.63) is 35.9 Å². The quantitative estimate of drug-likeness (QED) is 0.716. The van der Waals surface area contributed by atoms with Gasteiger partial charge in [-0.25, -0.2) is 0 Å². The molecule has 0 saturated carbocycles. The smallest absolute Gasteiger partial charge is 0.360 e. The average Bonchev–Trinajstić information content (AvgIpc) is 2.39. The molecule has 3 N–H and O–H groups in total. The molecule has 0 amide bonds. The molecule has 0 fully saturated rings. The molecular weight excluding hydrogens is 265 g/mol. The fourth-order valence-corrected chi connectivity index (χ4v) is 3.45. The van der Waals surface area contributed by atoms with Gasteiger partial charge in [0.2, 0.25) is 0 Å². The van der Waals surface area contributed by atoms with Gasteiger partial charge in [0.25, 0.3) is 0 Å². The third-order valence-corrected chi connectivity index (χ3v) is 4.91. The first-order chi connectivity index (χ1) is 9.03. The van der Waals surface area contributed by atoms with Crippen LogP contribution < -0.4 is 5.73 Å². The van der Waals surface area contributed by atoms with Crippen LogP contribution in [0.4, 0.5) is 0 Å². The molecule has 0 aliphatic rings. The van der Waals surface area contributed by atoms with Crippen molar-refractivity contribution in [3.63, 3.8) is 0 Å². The Balaban J connectivity index is 2.73. The van der Waals surface area contributed by atoms with Gasteiger partial charge in [0, 0.05) is 6.04 Å². The number of nitrogens with two attached hydrogens (primary N) is 1. The van der Waals surface area contributed by atoms with Gasteiger partial charge in [0.05, 0.1) is 13.2 Å². The summed E-state index contributed by atoms with van der Waals surface area (Å²) in [5.41, 5.74) is 6.88. The third-order valence-electron chi connectivity index (χ3n) is 2.64. The van der Waals surface area contributed by atoms with Gasteiger partial charge in [-0.3, -0.25) is 4.57 Å². The topological polar surface area (TPSA) is 81.8 Å². The summed E-state index contributed by atoms with van der Waals surface area (Å²) in [6.07, 6.45) is 0.409. The molecule has 5 nitrogen and oxygen atoms in total. The van der Waals surface area contributed by atoms with E-state index in [0.717, 1.165) is 5.56 Å². The molecule has 6 heteroatoms. The maximum Gasteiger partial charge on any atom is 0.360 e. The van der Waals surface area contributed by atoms with E-state index in [1.54, 1.807) is 13.8 Å². The van der Waals surface area contributed by atoms with E-state index in [1.165, 1.54) is 0 Å². The van der Waals surface area contributed by atoms with Gasteiger partial charge in [-0.2, -0.15) is 0 Å². The lowest BCUT2D eigenvalue weighted by atomic mass is 10.1. The molecule has 2 atom stereocenters. The highest BCUT2D eigenvalue weighted by Gasteiger charge is 2.38. The summed E-state index contributed by atoms with van der Waals surface area (Å²) in [5.74, 6) is -1.33. The number of benzene rings is 1. The summed E-state index contributed by atoms with van der Waals surface area (Å²) in [6, 6.07) is 8.78. The van der Waals surface area contributed by atoms with Crippen LogP contribution in [0.3, 0.4) is 0 Å². The van der Waals surface area contributed by atoms with E-state index in [2.05, 4.69) is 0 Å². The Morgan fingerprint density at radius 2 is 1.74 bits per heavy atom. The number of rotatable bonds is 8. The second-order valence-corrected chi connectivity index (χ2v) is 6.27. The van der Waals surface area contributed by atoms with Crippen molar-refractivity contribution in [1.29, 1.82) is 0 Å². The van der Waals surface area contributed by atoms with E-state index in [9.17, 15) is 9.67 Å². The van der Waals surface area contributed by atoms with E-state index in [0.29, 0.717) is 6.42 Å². The third kappa shape index (κ3) is 4.71. The van der Waals surface area contributed by atoms with Gasteiger partial charge in [-0.05, 0) is 25.8 Å². The second-order valence-electron chi connectivity index (χ2n) is 4.14. The number of hydrogen-bond donors (Lipinski definition) is 2. The average molecular weight is 287 g/mol. The zero-order chi connectivity index (χ0) is 14.3. The van der Waals surface area contributed by atoms with Gasteiger partial charge in [-0.1, -0.05) is 30.3 Å². The van der Waals surface area contributed by atoms with Crippen molar-refractivity contribution in [2.75, 3.05) is 13.2 Å². The monoisotopic (exact) mass is 287 g/mol. The van der Waals surface area contributed by atoms with E-state index in [-0.39, 0.29) is 13.2 Å². The van der Waals surface area contributed by atoms with Crippen LogP contribution in [-0.2, 0) is 20.0 Å². The van der Waals surface area contributed by atoms with Gasteiger partial charge in [0.1, 0.15) is 0 Å². The minimum Gasteiger partial charge on any atom is -0.379 e. The summed E-state index contributed by atoms with van der Waals surface area (Å²) >= 11 is 0. The molecule has 1 aromatic rings. The Bertz CT molecular complexity index is 402. The van der Waals surface area contributed by atoms with Crippen molar-refractivity contribution >= 4 is 7.60 Å². The first-order valence-electron chi connectivity index (χ1n) is 6.39. The van der Waals surface area contributed by atoms with Crippen molar-refractivity contribution in [2.24, 2.45) is 5.73 Å². The highest BCUT2D eigenvalue weighted by Crippen LogP contribution is 2.52. The molecule has 0 radical (unpaired) electrons. The van der Waals surface area contributed by atoms with E-state index < -0.39 is 19.5 Å². The van der Waals surface area contributed by atoms with Crippen LogP contribution in [0.1, 0.15) is 19.4 Å². The Labute approximate surface area is 114 Å². The predicted octanol–water partition coefficient (Wildman–Crippen LogP) is 2.14. The SMILES string of the molecule is CCOP(=O)(OCC)[C@H](O)[C@@H](N)Cc1ccccc1. The van der Waals surface area contributed by atoms with Crippen LogP contribution in [0.15, 0.2) is 30.3 Å². The molecular formula is C13H22NO4P. The fourth-order valence-electron chi connectivity index (χ4n) is 1.78.